The van der Waals surface area contributed by atoms with Gasteiger partial charge in [-0.05, 0) is 24.3 Å². The molecule has 3 heteroatoms. The summed E-state index contributed by atoms with van der Waals surface area (Å²) in [5.41, 5.74) is 2.32. The maximum Gasteiger partial charge on any atom is 0.135 e. The molecule has 17 heavy (non-hydrogen) atoms. The van der Waals surface area contributed by atoms with Crippen molar-refractivity contribution in [3.63, 3.8) is 0 Å². The van der Waals surface area contributed by atoms with Crippen LogP contribution in [-0.2, 0) is 0 Å². The highest BCUT2D eigenvalue weighted by Gasteiger charge is 2.19. The van der Waals surface area contributed by atoms with Crippen molar-refractivity contribution in [2.24, 2.45) is 4.99 Å². The molecular weight excluding hydrogens is 210 g/mol. The SMILES string of the molecule is c1ccc(N2CCN=C2c2ccncc2)cc1. The summed E-state index contributed by atoms with van der Waals surface area (Å²) in [6, 6.07) is 14.4. The summed E-state index contributed by atoms with van der Waals surface area (Å²) in [7, 11) is 0. The van der Waals surface area contributed by atoms with Gasteiger partial charge in [0.15, 0.2) is 0 Å². The molecule has 0 N–H and O–H groups in total. The van der Waals surface area contributed by atoms with Crippen LogP contribution in [0.5, 0.6) is 0 Å². The van der Waals surface area contributed by atoms with E-state index in [0.717, 1.165) is 24.5 Å². The highest BCUT2D eigenvalue weighted by Crippen LogP contribution is 2.20. The molecule has 0 spiro atoms. The fourth-order valence-corrected chi connectivity index (χ4v) is 2.05. The van der Waals surface area contributed by atoms with Crippen LogP contribution in [0.15, 0.2) is 59.9 Å². The highest BCUT2D eigenvalue weighted by molar-refractivity contribution is 6.10. The van der Waals surface area contributed by atoms with Crippen LogP contribution >= 0.6 is 0 Å². The lowest BCUT2D eigenvalue weighted by molar-refractivity contribution is 1.02. The standard InChI is InChI=1S/C14H13N3/c1-2-4-13(5-3-1)17-11-10-16-14(17)12-6-8-15-9-7-12/h1-9H,10-11H2. The third-order valence-electron chi connectivity index (χ3n) is 2.85. The van der Waals surface area contributed by atoms with Crippen molar-refractivity contribution < 1.29 is 0 Å². The van der Waals surface area contributed by atoms with Gasteiger partial charge in [-0.25, -0.2) is 0 Å². The van der Waals surface area contributed by atoms with Crippen molar-refractivity contribution in [3.05, 3.63) is 60.4 Å². The monoisotopic (exact) mass is 223 g/mol. The van der Waals surface area contributed by atoms with Gasteiger partial charge in [0, 0.05) is 30.2 Å². The molecule has 0 radical (unpaired) electrons. The second kappa shape index (κ2) is 4.37. The van der Waals surface area contributed by atoms with E-state index in [1.165, 1.54) is 5.69 Å². The summed E-state index contributed by atoms with van der Waals surface area (Å²) >= 11 is 0. The first-order valence-corrected chi connectivity index (χ1v) is 5.72. The number of aliphatic imine (C=N–C) groups is 1. The largest absolute Gasteiger partial charge is 0.324 e. The summed E-state index contributed by atoms with van der Waals surface area (Å²) < 4.78 is 0. The first kappa shape index (κ1) is 10.0. The number of amidine groups is 1. The topological polar surface area (TPSA) is 28.5 Å². The highest BCUT2D eigenvalue weighted by atomic mass is 15.2. The van der Waals surface area contributed by atoms with Crippen molar-refractivity contribution in [3.8, 4) is 0 Å². The number of anilines is 1. The number of nitrogens with zero attached hydrogens (tertiary/aromatic N) is 3. The van der Waals surface area contributed by atoms with Gasteiger partial charge in [-0.3, -0.25) is 9.98 Å². The van der Waals surface area contributed by atoms with Gasteiger partial charge < -0.3 is 4.90 Å². The lowest BCUT2D eigenvalue weighted by Gasteiger charge is -2.20. The van der Waals surface area contributed by atoms with E-state index in [4.69, 9.17) is 0 Å². The summed E-state index contributed by atoms with van der Waals surface area (Å²) in [6.07, 6.45) is 3.61. The van der Waals surface area contributed by atoms with Crippen LogP contribution < -0.4 is 4.90 Å². The van der Waals surface area contributed by atoms with Crippen molar-refractivity contribution in [2.45, 2.75) is 0 Å². The average Bonchev–Trinajstić information content (AvgIpc) is 2.90. The molecule has 0 saturated heterocycles. The Labute approximate surface area is 100 Å². The Kier molecular flexibility index (Phi) is 2.58. The first-order chi connectivity index (χ1) is 8.45. The van der Waals surface area contributed by atoms with Gasteiger partial charge in [-0.15, -0.1) is 0 Å². The molecule has 1 aliphatic rings. The minimum absolute atomic E-state index is 0.854. The number of hydrogen-bond acceptors (Lipinski definition) is 3. The lowest BCUT2D eigenvalue weighted by atomic mass is 10.2. The van der Waals surface area contributed by atoms with Gasteiger partial charge in [0.05, 0.1) is 6.54 Å². The smallest absolute Gasteiger partial charge is 0.135 e. The molecule has 0 amide bonds. The Hall–Kier alpha value is -2.16. The van der Waals surface area contributed by atoms with Crippen LogP contribution in [0, 0.1) is 0 Å². The van der Waals surface area contributed by atoms with E-state index in [1.807, 2.05) is 18.2 Å². The van der Waals surface area contributed by atoms with Gasteiger partial charge in [0.1, 0.15) is 5.84 Å². The first-order valence-electron chi connectivity index (χ1n) is 5.72. The molecule has 2 heterocycles. The fourth-order valence-electron chi connectivity index (χ4n) is 2.05. The van der Waals surface area contributed by atoms with E-state index in [-0.39, 0.29) is 0 Å². The maximum absolute atomic E-state index is 4.58. The average molecular weight is 223 g/mol. The summed E-state index contributed by atoms with van der Waals surface area (Å²) in [6.45, 7) is 1.80. The molecule has 0 saturated carbocycles. The second-order valence-electron chi connectivity index (χ2n) is 3.93. The number of benzene rings is 1. The third kappa shape index (κ3) is 1.91. The normalized spacial score (nSPS) is 14.8. The Balaban J connectivity index is 1.96. The predicted octanol–water partition coefficient (Wildman–Crippen LogP) is 2.35. The molecule has 0 unspecified atom stereocenters. The van der Waals surface area contributed by atoms with E-state index in [1.54, 1.807) is 12.4 Å². The van der Waals surface area contributed by atoms with Gasteiger partial charge in [0.2, 0.25) is 0 Å². The van der Waals surface area contributed by atoms with Crippen LogP contribution in [0.1, 0.15) is 5.56 Å². The number of rotatable bonds is 2. The molecule has 2 aromatic rings. The quantitative estimate of drug-likeness (QED) is 0.781. The van der Waals surface area contributed by atoms with Crippen LogP contribution in [0.4, 0.5) is 5.69 Å². The Morgan fingerprint density at radius 3 is 2.47 bits per heavy atom. The molecular formula is C14H13N3. The van der Waals surface area contributed by atoms with Crippen LogP contribution in [0.2, 0.25) is 0 Å². The number of aromatic nitrogens is 1. The second-order valence-corrected chi connectivity index (χ2v) is 3.93. The van der Waals surface area contributed by atoms with Gasteiger partial charge in [-0.1, -0.05) is 18.2 Å². The van der Waals surface area contributed by atoms with Crippen LogP contribution in [-0.4, -0.2) is 23.9 Å². The predicted molar refractivity (Wildman–Crippen MR) is 69.4 cm³/mol. The molecule has 0 fully saturated rings. The van der Waals surface area contributed by atoms with Crippen molar-refractivity contribution >= 4 is 11.5 Å². The zero-order valence-electron chi connectivity index (χ0n) is 9.45. The minimum Gasteiger partial charge on any atom is -0.324 e. The molecule has 1 aromatic heterocycles. The van der Waals surface area contributed by atoms with Crippen LogP contribution in [0.3, 0.4) is 0 Å². The van der Waals surface area contributed by atoms with E-state index < -0.39 is 0 Å². The van der Waals surface area contributed by atoms with Gasteiger partial charge in [0.25, 0.3) is 0 Å². The molecule has 0 bridgehead atoms. The van der Waals surface area contributed by atoms with Gasteiger partial charge >= 0.3 is 0 Å². The molecule has 3 rings (SSSR count). The van der Waals surface area contributed by atoms with Crippen LogP contribution in [0.25, 0.3) is 0 Å². The number of pyridine rings is 1. The Morgan fingerprint density at radius 1 is 0.941 bits per heavy atom. The summed E-state index contributed by atoms with van der Waals surface area (Å²) in [5, 5.41) is 0. The molecule has 1 aliphatic heterocycles. The number of hydrogen-bond donors (Lipinski definition) is 0. The minimum atomic E-state index is 0.854. The fraction of sp³-hybridized carbons (Fsp3) is 0.143. The van der Waals surface area contributed by atoms with Gasteiger partial charge in [-0.2, -0.15) is 0 Å². The van der Waals surface area contributed by atoms with Crippen molar-refractivity contribution in [2.75, 3.05) is 18.0 Å². The zero-order valence-corrected chi connectivity index (χ0v) is 9.45. The molecule has 84 valence electrons. The Morgan fingerprint density at radius 2 is 1.71 bits per heavy atom. The Bertz CT molecular complexity index is 520. The number of para-hydroxylation sites is 1. The van der Waals surface area contributed by atoms with E-state index in [9.17, 15) is 0 Å². The lowest BCUT2D eigenvalue weighted by Crippen LogP contribution is -2.27. The van der Waals surface area contributed by atoms with Crippen molar-refractivity contribution in [1.82, 2.24) is 4.98 Å². The summed E-state index contributed by atoms with van der Waals surface area (Å²) in [4.78, 5) is 10.9. The van der Waals surface area contributed by atoms with E-state index in [2.05, 4.69) is 39.1 Å². The maximum atomic E-state index is 4.58. The molecule has 1 aromatic carbocycles. The molecule has 0 atom stereocenters. The third-order valence-corrected chi connectivity index (χ3v) is 2.85. The van der Waals surface area contributed by atoms with E-state index in [0.29, 0.717) is 0 Å². The molecule has 3 nitrogen and oxygen atoms in total. The van der Waals surface area contributed by atoms with Crippen molar-refractivity contribution in [1.29, 1.82) is 0 Å². The zero-order chi connectivity index (χ0) is 11.5. The van der Waals surface area contributed by atoms with E-state index >= 15 is 0 Å². The molecule has 0 aliphatic carbocycles. The summed E-state index contributed by atoms with van der Waals surface area (Å²) in [5.74, 6) is 1.04.